The summed E-state index contributed by atoms with van der Waals surface area (Å²) in [5, 5.41) is 3.48. The van der Waals surface area contributed by atoms with Crippen molar-refractivity contribution < 1.29 is 23.9 Å². The number of carbonyl (C=O) groups is 4. The monoisotopic (exact) mass is 387 g/mol. The standard InChI is InChI=1S/C15H15Cl2N3O5/c1-3-15(2)13(23)20(14(24)18-15)19-11(21)7-25-12(22)8-4-5-9(16)10(17)6-8/h4-6H,3,7H2,1-2H3,(H,18,24)(H,19,21). The maximum absolute atomic E-state index is 12.1. The molecule has 8 nitrogen and oxygen atoms in total. The molecule has 1 aromatic rings. The predicted molar refractivity (Wildman–Crippen MR) is 89.0 cm³/mol. The second-order valence-corrected chi connectivity index (χ2v) is 6.31. The first-order valence-corrected chi connectivity index (χ1v) is 8.02. The number of halogens is 2. The lowest BCUT2D eigenvalue weighted by atomic mass is 10.00. The van der Waals surface area contributed by atoms with Crippen LogP contribution in [0.2, 0.25) is 10.0 Å². The molecule has 0 aromatic heterocycles. The van der Waals surface area contributed by atoms with Gasteiger partial charge in [-0.05, 0) is 31.5 Å². The Morgan fingerprint density at radius 3 is 2.52 bits per heavy atom. The molecule has 1 saturated heterocycles. The minimum absolute atomic E-state index is 0.107. The van der Waals surface area contributed by atoms with E-state index < -0.39 is 36.0 Å². The second-order valence-electron chi connectivity index (χ2n) is 5.50. The van der Waals surface area contributed by atoms with Crippen LogP contribution in [0.25, 0.3) is 0 Å². The van der Waals surface area contributed by atoms with Crippen molar-refractivity contribution in [2.45, 2.75) is 25.8 Å². The molecule has 0 aliphatic carbocycles. The number of imide groups is 1. The van der Waals surface area contributed by atoms with Gasteiger partial charge in [-0.25, -0.2) is 9.59 Å². The summed E-state index contributed by atoms with van der Waals surface area (Å²) in [5.74, 6) is -2.23. The molecular formula is C15H15Cl2N3O5. The molecule has 1 atom stereocenters. The van der Waals surface area contributed by atoms with Crippen LogP contribution in [0, 0.1) is 0 Å². The van der Waals surface area contributed by atoms with Gasteiger partial charge in [0.1, 0.15) is 5.54 Å². The Morgan fingerprint density at radius 2 is 1.96 bits per heavy atom. The van der Waals surface area contributed by atoms with Gasteiger partial charge in [-0.15, -0.1) is 0 Å². The van der Waals surface area contributed by atoms with Crippen LogP contribution in [-0.2, 0) is 14.3 Å². The lowest BCUT2D eigenvalue weighted by molar-refractivity contribution is -0.139. The van der Waals surface area contributed by atoms with Crippen molar-refractivity contribution in [1.82, 2.24) is 15.8 Å². The van der Waals surface area contributed by atoms with Gasteiger partial charge in [0.25, 0.3) is 11.8 Å². The highest BCUT2D eigenvalue weighted by Crippen LogP contribution is 2.23. The molecule has 1 fully saturated rings. The van der Waals surface area contributed by atoms with Crippen LogP contribution in [-0.4, -0.2) is 41.0 Å². The van der Waals surface area contributed by atoms with Gasteiger partial charge in [0.15, 0.2) is 6.61 Å². The van der Waals surface area contributed by atoms with Crippen LogP contribution in [0.4, 0.5) is 4.79 Å². The molecule has 2 rings (SSSR count). The smallest absolute Gasteiger partial charge is 0.344 e. The molecule has 10 heteroatoms. The minimum atomic E-state index is -1.08. The highest BCUT2D eigenvalue weighted by atomic mass is 35.5. The molecule has 1 aromatic carbocycles. The van der Waals surface area contributed by atoms with Gasteiger partial charge in [0.2, 0.25) is 0 Å². The first kappa shape index (κ1) is 19.0. The van der Waals surface area contributed by atoms with E-state index in [-0.39, 0.29) is 15.6 Å². The number of amides is 4. The SMILES string of the molecule is CCC1(C)NC(=O)N(NC(=O)COC(=O)c2ccc(Cl)c(Cl)c2)C1=O. The number of hydrogen-bond donors (Lipinski definition) is 2. The predicted octanol–water partition coefficient (Wildman–Crippen LogP) is 1.90. The fraction of sp³-hybridized carbons (Fsp3) is 0.333. The van der Waals surface area contributed by atoms with Crippen molar-refractivity contribution in [3.05, 3.63) is 33.8 Å². The van der Waals surface area contributed by atoms with E-state index in [0.29, 0.717) is 11.4 Å². The van der Waals surface area contributed by atoms with E-state index in [4.69, 9.17) is 27.9 Å². The highest BCUT2D eigenvalue weighted by Gasteiger charge is 2.47. The van der Waals surface area contributed by atoms with E-state index in [1.165, 1.54) is 18.2 Å². The summed E-state index contributed by atoms with van der Waals surface area (Å²) in [6.07, 6.45) is 0.357. The van der Waals surface area contributed by atoms with Crippen LogP contribution in [0.15, 0.2) is 18.2 Å². The maximum atomic E-state index is 12.1. The number of benzene rings is 1. The second kappa shape index (κ2) is 7.28. The van der Waals surface area contributed by atoms with Crippen LogP contribution in [0.1, 0.15) is 30.6 Å². The molecule has 1 unspecified atom stereocenters. The summed E-state index contributed by atoms with van der Waals surface area (Å²) in [4.78, 5) is 47.6. The molecule has 0 spiro atoms. The molecule has 134 valence electrons. The number of nitrogens with zero attached hydrogens (tertiary/aromatic N) is 1. The van der Waals surface area contributed by atoms with Gasteiger partial charge >= 0.3 is 12.0 Å². The number of esters is 1. The number of nitrogens with one attached hydrogen (secondary N) is 2. The average molecular weight is 388 g/mol. The quantitative estimate of drug-likeness (QED) is 0.592. The summed E-state index contributed by atoms with van der Waals surface area (Å²) < 4.78 is 4.82. The summed E-state index contributed by atoms with van der Waals surface area (Å²) in [6.45, 7) is 2.59. The Labute approximate surface area is 153 Å². The molecule has 0 radical (unpaired) electrons. The van der Waals surface area contributed by atoms with E-state index in [1.54, 1.807) is 13.8 Å². The van der Waals surface area contributed by atoms with Gasteiger partial charge in [0.05, 0.1) is 15.6 Å². The molecule has 0 bridgehead atoms. The first-order chi connectivity index (χ1) is 11.7. The summed E-state index contributed by atoms with van der Waals surface area (Å²) in [5.41, 5.74) is 1.13. The van der Waals surface area contributed by atoms with Crippen molar-refractivity contribution in [2.75, 3.05) is 6.61 Å². The van der Waals surface area contributed by atoms with Crippen LogP contribution < -0.4 is 10.7 Å². The van der Waals surface area contributed by atoms with E-state index in [0.717, 1.165) is 0 Å². The fourth-order valence-electron chi connectivity index (χ4n) is 2.02. The van der Waals surface area contributed by atoms with Crippen molar-refractivity contribution in [1.29, 1.82) is 0 Å². The van der Waals surface area contributed by atoms with E-state index >= 15 is 0 Å². The summed E-state index contributed by atoms with van der Waals surface area (Å²) in [7, 11) is 0. The summed E-state index contributed by atoms with van der Waals surface area (Å²) >= 11 is 11.5. The Morgan fingerprint density at radius 1 is 1.28 bits per heavy atom. The largest absolute Gasteiger partial charge is 0.452 e. The summed E-state index contributed by atoms with van der Waals surface area (Å²) in [6, 6.07) is 3.35. The third-order valence-corrected chi connectivity index (χ3v) is 4.43. The van der Waals surface area contributed by atoms with Crippen LogP contribution in [0.5, 0.6) is 0 Å². The maximum Gasteiger partial charge on any atom is 0.344 e. The van der Waals surface area contributed by atoms with Gasteiger partial charge in [-0.1, -0.05) is 30.1 Å². The highest BCUT2D eigenvalue weighted by molar-refractivity contribution is 6.42. The minimum Gasteiger partial charge on any atom is -0.452 e. The topological polar surface area (TPSA) is 105 Å². The number of hydrazine groups is 1. The number of ether oxygens (including phenoxy) is 1. The molecule has 1 heterocycles. The molecule has 4 amide bonds. The van der Waals surface area contributed by atoms with Gasteiger partial charge in [-0.3, -0.25) is 15.0 Å². The zero-order chi connectivity index (χ0) is 18.8. The Balaban J connectivity index is 1.92. The molecule has 1 aliphatic rings. The van der Waals surface area contributed by atoms with Crippen LogP contribution >= 0.6 is 23.2 Å². The number of hydrogen-bond acceptors (Lipinski definition) is 5. The zero-order valence-corrected chi connectivity index (χ0v) is 14.9. The molecule has 2 N–H and O–H groups in total. The van der Waals surface area contributed by atoms with Crippen molar-refractivity contribution in [2.24, 2.45) is 0 Å². The van der Waals surface area contributed by atoms with Gasteiger partial charge < -0.3 is 10.1 Å². The Hall–Kier alpha value is -2.32. The normalized spacial score (nSPS) is 19.6. The number of rotatable bonds is 5. The van der Waals surface area contributed by atoms with Gasteiger partial charge in [0, 0.05) is 0 Å². The first-order valence-electron chi connectivity index (χ1n) is 7.26. The third kappa shape index (κ3) is 4.02. The van der Waals surface area contributed by atoms with Crippen LogP contribution in [0.3, 0.4) is 0 Å². The molecule has 1 aliphatic heterocycles. The molecule has 25 heavy (non-hydrogen) atoms. The van der Waals surface area contributed by atoms with Gasteiger partial charge in [-0.2, -0.15) is 5.01 Å². The number of carbonyl (C=O) groups excluding carboxylic acids is 4. The molecular weight excluding hydrogens is 373 g/mol. The third-order valence-electron chi connectivity index (χ3n) is 3.69. The average Bonchev–Trinajstić information content (AvgIpc) is 2.79. The Kier molecular flexibility index (Phi) is 5.54. The van der Waals surface area contributed by atoms with Crippen molar-refractivity contribution in [3.63, 3.8) is 0 Å². The van der Waals surface area contributed by atoms with Crippen molar-refractivity contribution in [3.8, 4) is 0 Å². The molecule has 0 saturated carbocycles. The van der Waals surface area contributed by atoms with E-state index in [1.807, 2.05) is 0 Å². The lowest BCUT2D eigenvalue weighted by Gasteiger charge is -2.19. The Bertz CT molecular complexity index is 755. The zero-order valence-electron chi connectivity index (χ0n) is 13.4. The fourth-order valence-corrected chi connectivity index (χ4v) is 2.32. The van der Waals surface area contributed by atoms with E-state index in [9.17, 15) is 19.2 Å². The van der Waals surface area contributed by atoms with Crippen molar-refractivity contribution >= 4 is 47.0 Å². The van der Waals surface area contributed by atoms with E-state index in [2.05, 4.69) is 10.7 Å². The number of urea groups is 1. The lowest BCUT2D eigenvalue weighted by Crippen LogP contribution is -2.49.